The van der Waals surface area contributed by atoms with E-state index in [4.69, 9.17) is 9.47 Å². The summed E-state index contributed by atoms with van der Waals surface area (Å²) >= 11 is 0. The molecule has 2 N–H and O–H groups in total. The standard InChI is InChI=1S/C24H20N2O5/c27-22(15-30-20-13-7-6-11-18(20)16-8-2-1-3-9-16)25-26-23(28)21-14-17-10-4-5-12-19(17)24(29)31-21/h1-13,21H,14-15H2,(H,25,27)(H,26,28)/t21-/m1/s1. The molecule has 7 heteroatoms. The zero-order valence-corrected chi connectivity index (χ0v) is 16.5. The summed E-state index contributed by atoms with van der Waals surface area (Å²) in [5.74, 6) is -1.16. The molecule has 0 aromatic heterocycles. The minimum absolute atomic E-state index is 0.241. The van der Waals surface area contributed by atoms with E-state index in [1.54, 1.807) is 30.3 Å². The highest BCUT2D eigenvalue weighted by Gasteiger charge is 2.31. The Morgan fingerprint density at radius 2 is 1.55 bits per heavy atom. The maximum Gasteiger partial charge on any atom is 0.339 e. The van der Waals surface area contributed by atoms with Crippen LogP contribution in [0.25, 0.3) is 11.1 Å². The first kappa shape index (κ1) is 20.2. The number of hydrogen-bond acceptors (Lipinski definition) is 5. The van der Waals surface area contributed by atoms with Crippen LogP contribution >= 0.6 is 0 Å². The van der Waals surface area contributed by atoms with Gasteiger partial charge in [-0.2, -0.15) is 0 Å². The summed E-state index contributed by atoms with van der Waals surface area (Å²) in [4.78, 5) is 36.5. The fourth-order valence-corrected chi connectivity index (χ4v) is 3.32. The average Bonchev–Trinajstić information content (AvgIpc) is 2.82. The van der Waals surface area contributed by atoms with Crippen LogP contribution in [-0.2, 0) is 20.7 Å². The van der Waals surface area contributed by atoms with Gasteiger partial charge in [0.15, 0.2) is 12.7 Å². The maximum absolute atomic E-state index is 12.3. The minimum atomic E-state index is -1.01. The maximum atomic E-state index is 12.3. The van der Waals surface area contributed by atoms with Gasteiger partial charge in [-0.05, 0) is 23.3 Å². The third-order valence-electron chi connectivity index (χ3n) is 4.84. The number of carbonyl (C=O) groups is 3. The van der Waals surface area contributed by atoms with Crippen molar-refractivity contribution >= 4 is 17.8 Å². The Kier molecular flexibility index (Phi) is 5.93. The minimum Gasteiger partial charge on any atom is -0.483 e. The highest BCUT2D eigenvalue weighted by atomic mass is 16.5. The second-order valence-corrected chi connectivity index (χ2v) is 6.94. The molecule has 156 valence electrons. The third kappa shape index (κ3) is 4.72. The van der Waals surface area contributed by atoms with E-state index in [0.29, 0.717) is 11.3 Å². The Morgan fingerprint density at radius 1 is 0.871 bits per heavy atom. The van der Waals surface area contributed by atoms with Gasteiger partial charge in [-0.1, -0.05) is 66.7 Å². The second-order valence-electron chi connectivity index (χ2n) is 6.94. The lowest BCUT2D eigenvalue weighted by Gasteiger charge is -2.23. The van der Waals surface area contributed by atoms with Crippen molar-refractivity contribution in [1.29, 1.82) is 0 Å². The summed E-state index contributed by atoms with van der Waals surface area (Å²) in [6, 6.07) is 24.0. The third-order valence-corrected chi connectivity index (χ3v) is 4.84. The van der Waals surface area contributed by atoms with Crippen LogP contribution in [0.3, 0.4) is 0 Å². The summed E-state index contributed by atoms with van der Waals surface area (Å²) < 4.78 is 10.8. The number of rotatable bonds is 5. The number of esters is 1. The van der Waals surface area contributed by atoms with Gasteiger partial charge in [0.25, 0.3) is 11.8 Å². The van der Waals surface area contributed by atoms with Crippen molar-refractivity contribution < 1.29 is 23.9 Å². The van der Waals surface area contributed by atoms with Crippen LogP contribution in [0, 0.1) is 0 Å². The lowest BCUT2D eigenvalue weighted by Crippen LogP contribution is -2.50. The molecule has 1 heterocycles. The molecule has 3 aromatic rings. The van der Waals surface area contributed by atoms with Crippen LogP contribution in [0.5, 0.6) is 5.75 Å². The van der Waals surface area contributed by atoms with E-state index >= 15 is 0 Å². The molecule has 31 heavy (non-hydrogen) atoms. The molecular formula is C24H20N2O5. The van der Waals surface area contributed by atoms with Gasteiger partial charge in [0, 0.05) is 12.0 Å². The number of amides is 2. The number of ether oxygens (including phenoxy) is 2. The first-order chi connectivity index (χ1) is 15.1. The lowest BCUT2D eigenvalue weighted by atomic mass is 9.98. The average molecular weight is 416 g/mol. The lowest BCUT2D eigenvalue weighted by molar-refractivity contribution is -0.135. The van der Waals surface area contributed by atoms with Crippen molar-refractivity contribution in [1.82, 2.24) is 10.9 Å². The van der Waals surface area contributed by atoms with Crippen LogP contribution in [0.2, 0.25) is 0 Å². The summed E-state index contributed by atoms with van der Waals surface area (Å²) in [5.41, 5.74) is 7.58. The van der Waals surface area contributed by atoms with Gasteiger partial charge in [0.1, 0.15) is 5.75 Å². The van der Waals surface area contributed by atoms with Gasteiger partial charge >= 0.3 is 5.97 Å². The van der Waals surface area contributed by atoms with Gasteiger partial charge < -0.3 is 9.47 Å². The first-order valence-electron chi connectivity index (χ1n) is 9.76. The number of hydrazine groups is 1. The Hall–Kier alpha value is -4.13. The predicted octanol–water partition coefficient (Wildman–Crippen LogP) is 2.66. The van der Waals surface area contributed by atoms with Gasteiger partial charge in [-0.25, -0.2) is 4.79 Å². The topological polar surface area (TPSA) is 93.7 Å². The van der Waals surface area contributed by atoms with E-state index in [1.807, 2.05) is 48.5 Å². The molecule has 4 rings (SSSR count). The number of hydrogen-bond donors (Lipinski definition) is 2. The van der Waals surface area contributed by atoms with E-state index < -0.39 is 23.9 Å². The smallest absolute Gasteiger partial charge is 0.339 e. The van der Waals surface area contributed by atoms with Crippen LogP contribution in [0.1, 0.15) is 15.9 Å². The first-order valence-corrected chi connectivity index (χ1v) is 9.76. The predicted molar refractivity (Wildman–Crippen MR) is 113 cm³/mol. The highest BCUT2D eigenvalue weighted by Crippen LogP contribution is 2.29. The molecule has 2 amide bonds. The summed E-state index contributed by atoms with van der Waals surface area (Å²) in [6.07, 6.45) is -0.771. The molecule has 0 bridgehead atoms. The number of para-hydroxylation sites is 1. The SMILES string of the molecule is O=C(COc1ccccc1-c1ccccc1)NNC(=O)[C@H]1Cc2ccccc2C(=O)O1. The number of cyclic esters (lactones) is 1. The van der Waals surface area contributed by atoms with Crippen molar-refractivity contribution in [3.8, 4) is 16.9 Å². The molecule has 1 aliphatic rings. The number of benzene rings is 3. The van der Waals surface area contributed by atoms with Gasteiger partial charge in [0.2, 0.25) is 0 Å². The molecule has 0 aliphatic carbocycles. The molecule has 1 atom stereocenters. The fourth-order valence-electron chi connectivity index (χ4n) is 3.32. The van der Waals surface area contributed by atoms with E-state index in [2.05, 4.69) is 10.9 Å². The van der Waals surface area contributed by atoms with E-state index in [1.165, 1.54) is 0 Å². The van der Waals surface area contributed by atoms with Crippen molar-refractivity contribution in [2.24, 2.45) is 0 Å². The molecule has 0 unspecified atom stereocenters. The molecule has 0 saturated heterocycles. The fraction of sp³-hybridized carbons (Fsp3) is 0.125. The van der Waals surface area contributed by atoms with E-state index in [-0.39, 0.29) is 13.0 Å². The van der Waals surface area contributed by atoms with Crippen molar-refractivity contribution in [2.75, 3.05) is 6.61 Å². The van der Waals surface area contributed by atoms with Gasteiger partial charge in [-0.3, -0.25) is 20.4 Å². The molecule has 0 fully saturated rings. The Balaban J connectivity index is 1.31. The van der Waals surface area contributed by atoms with Crippen LogP contribution in [-0.4, -0.2) is 30.5 Å². The zero-order chi connectivity index (χ0) is 21.6. The zero-order valence-electron chi connectivity index (χ0n) is 16.5. The van der Waals surface area contributed by atoms with Crippen molar-refractivity contribution in [3.63, 3.8) is 0 Å². The van der Waals surface area contributed by atoms with Crippen LogP contribution in [0.15, 0.2) is 78.9 Å². The second kappa shape index (κ2) is 9.13. The van der Waals surface area contributed by atoms with Gasteiger partial charge in [0.05, 0.1) is 5.56 Å². The Labute approximate surface area is 179 Å². The molecule has 1 aliphatic heterocycles. The Morgan fingerprint density at radius 3 is 2.35 bits per heavy atom. The summed E-state index contributed by atoms with van der Waals surface area (Å²) in [5, 5.41) is 0. The normalized spacial score (nSPS) is 14.7. The Bertz CT molecular complexity index is 1110. The van der Waals surface area contributed by atoms with Gasteiger partial charge in [-0.15, -0.1) is 0 Å². The number of fused-ring (bicyclic) bond motifs is 1. The monoisotopic (exact) mass is 416 g/mol. The van der Waals surface area contributed by atoms with Crippen LogP contribution < -0.4 is 15.6 Å². The van der Waals surface area contributed by atoms with Crippen molar-refractivity contribution in [3.05, 3.63) is 90.0 Å². The largest absolute Gasteiger partial charge is 0.483 e. The molecule has 3 aromatic carbocycles. The quantitative estimate of drug-likeness (QED) is 0.493. The summed E-state index contributed by atoms with van der Waals surface area (Å²) in [6.45, 7) is -0.294. The molecule has 0 radical (unpaired) electrons. The molecule has 7 nitrogen and oxygen atoms in total. The van der Waals surface area contributed by atoms with Crippen molar-refractivity contribution in [2.45, 2.75) is 12.5 Å². The highest BCUT2D eigenvalue weighted by molar-refractivity contribution is 5.96. The van der Waals surface area contributed by atoms with Crippen LogP contribution in [0.4, 0.5) is 0 Å². The van der Waals surface area contributed by atoms with E-state index in [0.717, 1.165) is 16.7 Å². The van der Waals surface area contributed by atoms with E-state index in [9.17, 15) is 14.4 Å². The molecule has 0 saturated carbocycles. The number of carbonyl (C=O) groups excluding carboxylic acids is 3. The molecular weight excluding hydrogens is 396 g/mol. The molecule has 0 spiro atoms. The number of nitrogens with one attached hydrogen (secondary N) is 2. The summed E-state index contributed by atoms with van der Waals surface area (Å²) in [7, 11) is 0.